The van der Waals surface area contributed by atoms with Crippen molar-refractivity contribution in [3.63, 3.8) is 0 Å². The first-order valence-electron chi connectivity index (χ1n) is 6.76. The van der Waals surface area contributed by atoms with Gasteiger partial charge in [0.2, 0.25) is 0 Å². The molecule has 2 rings (SSSR count). The van der Waals surface area contributed by atoms with E-state index >= 15 is 0 Å². The minimum Gasteiger partial charge on any atom is -0.507 e. The highest BCUT2D eigenvalue weighted by Crippen LogP contribution is 2.30. The highest BCUT2D eigenvalue weighted by molar-refractivity contribution is 6.31. The van der Waals surface area contributed by atoms with E-state index in [0.717, 1.165) is 19.3 Å². The second-order valence-electron chi connectivity index (χ2n) is 5.60. The van der Waals surface area contributed by atoms with Crippen LogP contribution in [0.25, 0.3) is 0 Å². The maximum Gasteiger partial charge on any atom is 0.255 e. The molecule has 0 radical (unpaired) electrons. The number of hydrogen-bond acceptors (Lipinski definition) is 2. The van der Waals surface area contributed by atoms with Gasteiger partial charge in [0.25, 0.3) is 5.91 Å². The van der Waals surface area contributed by atoms with Gasteiger partial charge in [0, 0.05) is 11.1 Å². The van der Waals surface area contributed by atoms with Gasteiger partial charge in [-0.05, 0) is 49.3 Å². The third-order valence-corrected chi connectivity index (χ3v) is 4.37. The molecule has 1 saturated carbocycles. The number of benzene rings is 1. The van der Waals surface area contributed by atoms with E-state index in [1.807, 2.05) is 0 Å². The molecule has 2 N–H and O–H groups in total. The van der Waals surface area contributed by atoms with Crippen molar-refractivity contribution in [2.45, 2.75) is 39.2 Å². The quantitative estimate of drug-likeness (QED) is 0.870. The Bertz CT molecular complexity index is 475. The average molecular weight is 282 g/mol. The van der Waals surface area contributed by atoms with Crippen LogP contribution in [0.3, 0.4) is 0 Å². The molecule has 0 saturated heterocycles. The normalized spacial score (nSPS) is 27.0. The standard InChI is InChI=1S/C15H20ClNO2/c1-9-3-5-12(7-10(9)2)17-15(19)13-8-11(16)4-6-14(13)18/h4,6,8-10,12,18H,3,5,7H2,1-2H3,(H,17,19). The topological polar surface area (TPSA) is 49.3 Å². The van der Waals surface area contributed by atoms with Crippen LogP contribution in [-0.2, 0) is 0 Å². The fraction of sp³-hybridized carbons (Fsp3) is 0.533. The molecule has 1 amide bonds. The Labute approximate surface area is 119 Å². The maximum absolute atomic E-state index is 12.1. The smallest absolute Gasteiger partial charge is 0.255 e. The number of nitrogens with one attached hydrogen (secondary N) is 1. The number of phenolic OH excluding ortho intramolecular Hbond substituents is 1. The summed E-state index contributed by atoms with van der Waals surface area (Å²) < 4.78 is 0. The first kappa shape index (κ1) is 14.2. The molecule has 1 aliphatic carbocycles. The summed E-state index contributed by atoms with van der Waals surface area (Å²) in [7, 11) is 0. The van der Waals surface area contributed by atoms with E-state index in [9.17, 15) is 9.90 Å². The van der Waals surface area contributed by atoms with Crippen LogP contribution in [0.1, 0.15) is 43.5 Å². The van der Waals surface area contributed by atoms with Gasteiger partial charge in [0.05, 0.1) is 5.56 Å². The Morgan fingerprint density at radius 3 is 2.74 bits per heavy atom. The molecule has 0 bridgehead atoms. The van der Waals surface area contributed by atoms with Gasteiger partial charge < -0.3 is 10.4 Å². The van der Waals surface area contributed by atoms with Crippen molar-refractivity contribution < 1.29 is 9.90 Å². The third-order valence-electron chi connectivity index (χ3n) is 4.14. The van der Waals surface area contributed by atoms with E-state index in [4.69, 9.17) is 11.6 Å². The highest BCUT2D eigenvalue weighted by atomic mass is 35.5. The van der Waals surface area contributed by atoms with Crippen molar-refractivity contribution in [2.75, 3.05) is 0 Å². The molecule has 3 unspecified atom stereocenters. The van der Waals surface area contributed by atoms with Crippen molar-refractivity contribution in [2.24, 2.45) is 11.8 Å². The van der Waals surface area contributed by atoms with Gasteiger partial charge in [-0.15, -0.1) is 0 Å². The zero-order chi connectivity index (χ0) is 14.0. The summed E-state index contributed by atoms with van der Waals surface area (Å²) in [6.07, 6.45) is 3.13. The Morgan fingerprint density at radius 1 is 1.32 bits per heavy atom. The first-order chi connectivity index (χ1) is 8.97. The lowest BCUT2D eigenvalue weighted by molar-refractivity contribution is 0.0908. The largest absolute Gasteiger partial charge is 0.507 e. The SMILES string of the molecule is CC1CCC(NC(=O)c2cc(Cl)ccc2O)CC1C. The molecule has 1 aromatic rings. The summed E-state index contributed by atoms with van der Waals surface area (Å²) in [6.45, 7) is 4.48. The van der Waals surface area contributed by atoms with Crippen molar-refractivity contribution in [1.29, 1.82) is 0 Å². The van der Waals surface area contributed by atoms with Crippen LogP contribution in [0, 0.1) is 11.8 Å². The predicted octanol–water partition coefficient (Wildman–Crippen LogP) is 3.60. The zero-order valence-electron chi connectivity index (χ0n) is 11.3. The number of phenols is 1. The molecule has 0 aromatic heterocycles. The monoisotopic (exact) mass is 281 g/mol. The minimum atomic E-state index is -0.244. The Hall–Kier alpha value is -1.22. The lowest BCUT2D eigenvalue weighted by atomic mass is 9.79. The number of halogens is 1. The van der Waals surface area contributed by atoms with Crippen LogP contribution in [0.15, 0.2) is 18.2 Å². The lowest BCUT2D eigenvalue weighted by Gasteiger charge is -2.32. The van der Waals surface area contributed by atoms with E-state index in [1.54, 1.807) is 6.07 Å². The molecule has 104 valence electrons. The van der Waals surface area contributed by atoms with Gasteiger partial charge >= 0.3 is 0 Å². The number of carbonyl (C=O) groups excluding carboxylic acids is 1. The van der Waals surface area contributed by atoms with E-state index in [2.05, 4.69) is 19.2 Å². The molecular weight excluding hydrogens is 262 g/mol. The minimum absolute atomic E-state index is 0.0286. The Morgan fingerprint density at radius 2 is 2.05 bits per heavy atom. The number of carbonyl (C=O) groups is 1. The van der Waals surface area contributed by atoms with Gasteiger partial charge in [0.1, 0.15) is 5.75 Å². The van der Waals surface area contributed by atoms with Gasteiger partial charge in [-0.1, -0.05) is 25.4 Å². The van der Waals surface area contributed by atoms with Gasteiger partial charge in [0.15, 0.2) is 0 Å². The lowest BCUT2D eigenvalue weighted by Crippen LogP contribution is -2.39. The molecule has 19 heavy (non-hydrogen) atoms. The molecular formula is C15H20ClNO2. The number of aromatic hydroxyl groups is 1. The van der Waals surface area contributed by atoms with E-state index < -0.39 is 0 Å². The van der Waals surface area contributed by atoms with E-state index in [0.29, 0.717) is 16.9 Å². The van der Waals surface area contributed by atoms with Crippen molar-refractivity contribution in [1.82, 2.24) is 5.32 Å². The molecule has 3 atom stereocenters. The molecule has 1 aromatic carbocycles. The van der Waals surface area contributed by atoms with Crippen molar-refractivity contribution in [3.05, 3.63) is 28.8 Å². The molecule has 1 aliphatic rings. The summed E-state index contributed by atoms with van der Waals surface area (Å²) >= 11 is 5.85. The van der Waals surface area contributed by atoms with Gasteiger partial charge in [-0.2, -0.15) is 0 Å². The molecule has 1 fully saturated rings. The summed E-state index contributed by atoms with van der Waals surface area (Å²) in [4.78, 5) is 12.1. The van der Waals surface area contributed by atoms with E-state index in [1.165, 1.54) is 12.1 Å². The summed E-state index contributed by atoms with van der Waals surface area (Å²) in [5, 5.41) is 13.2. The van der Waals surface area contributed by atoms with E-state index in [-0.39, 0.29) is 23.3 Å². The van der Waals surface area contributed by atoms with Crippen LogP contribution < -0.4 is 5.32 Å². The second kappa shape index (κ2) is 5.83. The number of amides is 1. The zero-order valence-corrected chi connectivity index (χ0v) is 12.1. The molecule has 0 heterocycles. The van der Waals surface area contributed by atoms with Gasteiger partial charge in [-0.25, -0.2) is 0 Å². The molecule has 4 heteroatoms. The van der Waals surface area contributed by atoms with Crippen LogP contribution >= 0.6 is 11.6 Å². The summed E-state index contributed by atoms with van der Waals surface area (Å²) in [5.74, 6) is 1.06. The van der Waals surface area contributed by atoms with Crippen LogP contribution in [0.4, 0.5) is 0 Å². The summed E-state index contributed by atoms with van der Waals surface area (Å²) in [5.41, 5.74) is 0.249. The Kier molecular flexibility index (Phi) is 4.35. The number of rotatable bonds is 2. The first-order valence-corrected chi connectivity index (χ1v) is 7.14. The van der Waals surface area contributed by atoms with Crippen LogP contribution in [0.5, 0.6) is 5.75 Å². The third kappa shape index (κ3) is 3.41. The molecule has 0 aliphatic heterocycles. The second-order valence-corrected chi connectivity index (χ2v) is 6.04. The van der Waals surface area contributed by atoms with Crippen molar-refractivity contribution >= 4 is 17.5 Å². The molecule has 3 nitrogen and oxygen atoms in total. The summed E-state index contributed by atoms with van der Waals surface area (Å²) in [6, 6.07) is 4.71. The van der Waals surface area contributed by atoms with Crippen LogP contribution in [-0.4, -0.2) is 17.1 Å². The fourth-order valence-corrected chi connectivity index (χ4v) is 2.80. The predicted molar refractivity (Wildman–Crippen MR) is 76.6 cm³/mol. The van der Waals surface area contributed by atoms with Gasteiger partial charge in [-0.3, -0.25) is 4.79 Å². The molecule has 0 spiro atoms. The number of hydrogen-bond donors (Lipinski definition) is 2. The Balaban J connectivity index is 2.03. The van der Waals surface area contributed by atoms with Crippen LogP contribution in [0.2, 0.25) is 5.02 Å². The maximum atomic E-state index is 12.1. The van der Waals surface area contributed by atoms with Crippen molar-refractivity contribution in [3.8, 4) is 5.75 Å². The highest BCUT2D eigenvalue weighted by Gasteiger charge is 2.26. The average Bonchev–Trinajstić information content (AvgIpc) is 2.36. The fourth-order valence-electron chi connectivity index (χ4n) is 2.63.